The molecule has 1 aromatic rings. The van der Waals surface area contributed by atoms with Crippen molar-refractivity contribution < 1.29 is 28.9 Å². The van der Waals surface area contributed by atoms with Crippen molar-refractivity contribution in [2.24, 2.45) is 0 Å². The van der Waals surface area contributed by atoms with Gasteiger partial charge in [-0.3, -0.25) is 0 Å². The van der Waals surface area contributed by atoms with Crippen LogP contribution >= 0.6 is 0 Å². The Labute approximate surface area is 134 Å². The highest BCUT2D eigenvalue weighted by Crippen LogP contribution is 2.36. The van der Waals surface area contributed by atoms with Gasteiger partial charge in [0.15, 0.2) is 0 Å². The topological polar surface area (TPSA) is 85.3 Å². The van der Waals surface area contributed by atoms with E-state index in [0.29, 0.717) is 11.3 Å². The summed E-state index contributed by atoms with van der Waals surface area (Å²) in [7, 11) is 2.44. The number of methoxy groups -OCH3 is 2. The van der Waals surface area contributed by atoms with Crippen molar-refractivity contribution in [3.63, 3.8) is 0 Å². The van der Waals surface area contributed by atoms with Crippen LogP contribution in [-0.2, 0) is 23.8 Å². The number of phenols is 1. The van der Waals surface area contributed by atoms with E-state index in [2.05, 4.69) is 0 Å². The molecule has 23 heavy (non-hydrogen) atoms. The number of phenolic OH excluding ortho intramolecular Hbond substituents is 1. The van der Waals surface area contributed by atoms with Crippen molar-refractivity contribution in [2.45, 2.75) is 13.8 Å². The lowest BCUT2D eigenvalue weighted by molar-refractivity contribution is -0.140. The first-order chi connectivity index (χ1) is 10.9. The number of esters is 2. The average molecular weight is 321 g/mol. The monoisotopic (exact) mass is 321 g/mol. The molecule has 1 aliphatic rings. The number of hydrogen-bond donors (Lipinski definition) is 1. The van der Waals surface area contributed by atoms with E-state index in [9.17, 15) is 14.7 Å². The summed E-state index contributed by atoms with van der Waals surface area (Å²) in [6.07, 6.45) is 0. The number of aryl methyl sites for hydroxylation is 2. The number of carbonyl (C=O) groups is 2. The SMILES string of the molecule is COC(=O)C1=C(C(=O)OC)N(c2cc(C)cc(C)c2O)COC1. The summed E-state index contributed by atoms with van der Waals surface area (Å²) >= 11 is 0. The van der Waals surface area contributed by atoms with Gasteiger partial charge in [-0.2, -0.15) is 0 Å². The molecule has 0 radical (unpaired) electrons. The van der Waals surface area contributed by atoms with Crippen molar-refractivity contribution in [2.75, 3.05) is 32.5 Å². The Kier molecular flexibility index (Phi) is 4.90. The minimum absolute atomic E-state index is 0.00137. The van der Waals surface area contributed by atoms with Gasteiger partial charge in [-0.25, -0.2) is 9.59 Å². The lowest BCUT2D eigenvalue weighted by atomic mass is 10.1. The summed E-state index contributed by atoms with van der Waals surface area (Å²) in [6.45, 7) is 3.55. The highest BCUT2D eigenvalue weighted by Gasteiger charge is 2.33. The third kappa shape index (κ3) is 3.14. The van der Waals surface area contributed by atoms with Crippen LogP contribution in [0.4, 0.5) is 5.69 Å². The van der Waals surface area contributed by atoms with Gasteiger partial charge >= 0.3 is 11.9 Å². The molecule has 0 spiro atoms. The maximum atomic E-state index is 12.2. The lowest BCUT2D eigenvalue weighted by Gasteiger charge is -2.32. The molecular formula is C16H19NO6. The highest BCUT2D eigenvalue weighted by atomic mass is 16.5. The van der Waals surface area contributed by atoms with Gasteiger partial charge < -0.3 is 24.2 Å². The van der Waals surface area contributed by atoms with E-state index in [1.165, 1.54) is 19.1 Å². The van der Waals surface area contributed by atoms with Crippen LogP contribution in [0.3, 0.4) is 0 Å². The lowest BCUT2D eigenvalue weighted by Crippen LogP contribution is -2.38. The van der Waals surface area contributed by atoms with Gasteiger partial charge in [0.25, 0.3) is 0 Å². The summed E-state index contributed by atoms with van der Waals surface area (Å²) in [6, 6.07) is 3.52. The number of carbonyl (C=O) groups excluding carboxylic acids is 2. The van der Waals surface area contributed by atoms with Gasteiger partial charge in [0.1, 0.15) is 18.2 Å². The second-order valence-corrected chi connectivity index (χ2v) is 5.17. The predicted molar refractivity (Wildman–Crippen MR) is 81.9 cm³/mol. The minimum Gasteiger partial charge on any atom is -0.505 e. The molecule has 0 aromatic heterocycles. The number of rotatable bonds is 3. The Morgan fingerprint density at radius 2 is 1.83 bits per heavy atom. The second-order valence-electron chi connectivity index (χ2n) is 5.17. The van der Waals surface area contributed by atoms with Gasteiger partial charge in [0, 0.05) is 0 Å². The fraction of sp³-hybridized carbons (Fsp3) is 0.375. The van der Waals surface area contributed by atoms with Crippen LogP contribution in [0.15, 0.2) is 23.4 Å². The first-order valence-corrected chi connectivity index (χ1v) is 6.96. The molecule has 0 saturated heterocycles. The van der Waals surface area contributed by atoms with E-state index >= 15 is 0 Å². The van der Waals surface area contributed by atoms with Crippen molar-refractivity contribution in [3.8, 4) is 5.75 Å². The number of anilines is 1. The number of nitrogens with zero attached hydrogens (tertiary/aromatic N) is 1. The molecule has 0 unspecified atom stereocenters. The molecule has 1 heterocycles. The van der Waals surface area contributed by atoms with Gasteiger partial charge in [-0.1, -0.05) is 6.07 Å². The summed E-state index contributed by atoms with van der Waals surface area (Å²) < 4.78 is 14.9. The molecule has 1 aliphatic heterocycles. The summed E-state index contributed by atoms with van der Waals surface area (Å²) in [5.74, 6) is -1.38. The number of hydrogen-bond acceptors (Lipinski definition) is 7. The zero-order valence-corrected chi connectivity index (χ0v) is 13.5. The van der Waals surface area contributed by atoms with E-state index in [1.54, 1.807) is 13.0 Å². The summed E-state index contributed by atoms with van der Waals surface area (Å²) in [5, 5.41) is 10.3. The first kappa shape index (κ1) is 16.8. The molecule has 2 rings (SSSR count). The number of benzene rings is 1. The molecule has 1 aromatic carbocycles. The summed E-state index contributed by atoms with van der Waals surface area (Å²) in [4.78, 5) is 25.5. The van der Waals surface area contributed by atoms with Gasteiger partial charge in [-0.15, -0.1) is 0 Å². The predicted octanol–water partition coefficient (Wildman–Crippen LogP) is 1.40. The van der Waals surface area contributed by atoms with Crippen LogP contribution in [0.5, 0.6) is 5.75 Å². The van der Waals surface area contributed by atoms with E-state index < -0.39 is 11.9 Å². The Bertz CT molecular complexity index is 679. The van der Waals surface area contributed by atoms with E-state index in [4.69, 9.17) is 14.2 Å². The zero-order valence-electron chi connectivity index (χ0n) is 13.5. The Balaban J connectivity index is 2.65. The molecule has 1 N–H and O–H groups in total. The molecule has 0 amide bonds. The molecule has 0 fully saturated rings. The van der Waals surface area contributed by atoms with Crippen LogP contribution < -0.4 is 4.90 Å². The van der Waals surface area contributed by atoms with Crippen molar-refractivity contribution in [1.82, 2.24) is 0 Å². The molecule has 7 heteroatoms. The molecule has 0 saturated carbocycles. The average Bonchev–Trinajstić information content (AvgIpc) is 2.55. The highest BCUT2D eigenvalue weighted by molar-refractivity contribution is 6.03. The summed E-state index contributed by atoms with van der Waals surface area (Å²) in [5.41, 5.74) is 1.96. The molecule has 0 bridgehead atoms. The van der Waals surface area contributed by atoms with Crippen molar-refractivity contribution in [3.05, 3.63) is 34.5 Å². The van der Waals surface area contributed by atoms with Crippen LogP contribution in [0.1, 0.15) is 11.1 Å². The first-order valence-electron chi connectivity index (χ1n) is 6.96. The third-order valence-electron chi connectivity index (χ3n) is 3.55. The molecule has 0 aliphatic carbocycles. The van der Waals surface area contributed by atoms with Gasteiger partial charge in [0.05, 0.1) is 32.1 Å². The minimum atomic E-state index is -0.702. The zero-order chi connectivity index (χ0) is 17.1. The van der Waals surface area contributed by atoms with E-state index in [0.717, 1.165) is 5.56 Å². The fourth-order valence-corrected chi connectivity index (χ4v) is 2.48. The largest absolute Gasteiger partial charge is 0.505 e. The Morgan fingerprint density at radius 1 is 1.17 bits per heavy atom. The molecule has 7 nitrogen and oxygen atoms in total. The Hall–Kier alpha value is -2.54. The van der Waals surface area contributed by atoms with Crippen LogP contribution in [0.2, 0.25) is 0 Å². The number of ether oxygens (including phenoxy) is 3. The second kappa shape index (κ2) is 6.70. The van der Waals surface area contributed by atoms with Gasteiger partial charge in [0.2, 0.25) is 0 Å². The quantitative estimate of drug-likeness (QED) is 0.842. The maximum absolute atomic E-state index is 12.2. The molecular weight excluding hydrogens is 302 g/mol. The number of aromatic hydroxyl groups is 1. The van der Waals surface area contributed by atoms with E-state index in [-0.39, 0.29) is 30.4 Å². The van der Waals surface area contributed by atoms with Crippen LogP contribution in [-0.4, -0.2) is 44.6 Å². The standard InChI is InChI=1S/C16H19NO6/c1-9-5-10(2)14(18)12(6-9)17-8-23-7-11(15(19)21-3)13(17)16(20)22-4/h5-6,18H,7-8H2,1-4H3. The van der Waals surface area contributed by atoms with Gasteiger partial charge in [-0.05, 0) is 31.0 Å². The van der Waals surface area contributed by atoms with Crippen molar-refractivity contribution in [1.29, 1.82) is 0 Å². The fourth-order valence-electron chi connectivity index (χ4n) is 2.48. The molecule has 0 atom stereocenters. The molecule has 124 valence electrons. The Morgan fingerprint density at radius 3 is 2.43 bits per heavy atom. The van der Waals surface area contributed by atoms with E-state index in [1.807, 2.05) is 13.0 Å². The van der Waals surface area contributed by atoms with Crippen molar-refractivity contribution >= 4 is 17.6 Å². The third-order valence-corrected chi connectivity index (χ3v) is 3.55. The maximum Gasteiger partial charge on any atom is 0.355 e. The van der Waals surface area contributed by atoms with Crippen LogP contribution in [0, 0.1) is 13.8 Å². The normalized spacial score (nSPS) is 14.7. The smallest absolute Gasteiger partial charge is 0.355 e. The van der Waals surface area contributed by atoms with Crippen LogP contribution in [0.25, 0.3) is 0 Å².